The molecule has 1 rings (SSSR count). The molecule has 0 saturated carbocycles. The van der Waals surface area contributed by atoms with Crippen LogP contribution in [-0.4, -0.2) is 41.7 Å². The first-order valence-corrected chi connectivity index (χ1v) is 4.29. The van der Waals surface area contributed by atoms with Gasteiger partial charge in [0, 0.05) is 5.92 Å². The first-order valence-electron chi connectivity index (χ1n) is 4.29. The molecule has 4 nitrogen and oxygen atoms in total. The molecule has 1 aliphatic carbocycles. The van der Waals surface area contributed by atoms with Crippen LogP contribution in [0.1, 0.15) is 6.92 Å². The molecule has 0 amide bonds. The molecule has 0 aromatic rings. The Morgan fingerprint density at radius 3 is 2.64 bits per heavy atom. The summed E-state index contributed by atoms with van der Waals surface area (Å²) >= 11 is 0. The minimum atomic E-state index is -1.60. The van der Waals surface area contributed by atoms with Gasteiger partial charge in [-0.05, 0) is 6.08 Å². The van der Waals surface area contributed by atoms with E-state index in [-0.39, 0.29) is 5.57 Å². The number of methoxy groups -OCH3 is 1. The van der Waals surface area contributed by atoms with Gasteiger partial charge in [-0.3, -0.25) is 0 Å². The zero-order chi connectivity index (χ0) is 10.9. The van der Waals surface area contributed by atoms with Crippen LogP contribution in [0.5, 0.6) is 0 Å². The number of ether oxygens (including phenoxy) is 1. The Kier molecular flexibility index (Phi) is 3.23. The maximum atomic E-state index is 13.5. The molecule has 3 unspecified atom stereocenters. The molecule has 4 atom stereocenters. The number of hydrogen-bond donors (Lipinski definition) is 2. The highest BCUT2D eigenvalue weighted by Crippen LogP contribution is 2.28. The van der Waals surface area contributed by atoms with Crippen LogP contribution in [0.4, 0.5) is 4.39 Å². The van der Waals surface area contributed by atoms with Crippen molar-refractivity contribution in [3.05, 3.63) is 11.6 Å². The normalized spacial score (nSPS) is 37.6. The van der Waals surface area contributed by atoms with Crippen LogP contribution >= 0.6 is 0 Å². The van der Waals surface area contributed by atoms with E-state index in [1.165, 1.54) is 6.92 Å². The summed E-state index contributed by atoms with van der Waals surface area (Å²) in [6, 6.07) is 0. The van der Waals surface area contributed by atoms with Crippen LogP contribution in [0.15, 0.2) is 11.6 Å². The van der Waals surface area contributed by atoms with Crippen molar-refractivity contribution in [2.75, 3.05) is 7.11 Å². The van der Waals surface area contributed by atoms with Gasteiger partial charge in [0.25, 0.3) is 0 Å². The monoisotopic (exact) mass is 204 g/mol. The highest BCUT2D eigenvalue weighted by Gasteiger charge is 2.38. The first kappa shape index (κ1) is 11.1. The fraction of sp³-hybridized carbons (Fsp3) is 0.667. The average Bonchev–Trinajstić information content (AvgIpc) is 2.19. The zero-order valence-corrected chi connectivity index (χ0v) is 7.98. The van der Waals surface area contributed by atoms with E-state index in [4.69, 9.17) is 0 Å². The standard InChI is InChI=1S/C9H13FO4/c1-4-7(10)5(9(13)14-2)3-6(11)8(4)12/h3-4,6-8,11-12H,1-2H3/t4-,6?,7?,8?/m1/s1. The lowest BCUT2D eigenvalue weighted by molar-refractivity contribution is -0.138. The molecule has 14 heavy (non-hydrogen) atoms. The highest BCUT2D eigenvalue weighted by molar-refractivity contribution is 5.90. The molecule has 0 bridgehead atoms. The van der Waals surface area contributed by atoms with Gasteiger partial charge in [-0.25, -0.2) is 9.18 Å². The van der Waals surface area contributed by atoms with Crippen molar-refractivity contribution < 1.29 is 24.1 Å². The smallest absolute Gasteiger partial charge is 0.336 e. The molecule has 0 saturated heterocycles. The summed E-state index contributed by atoms with van der Waals surface area (Å²) < 4.78 is 17.8. The lowest BCUT2D eigenvalue weighted by Gasteiger charge is -2.30. The van der Waals surface area contributed by atoms with E-state index in [1.54, 1.807) is 0 Å². The minimum Gasteiger partial charge on any atom is -0.466 e. The number of aliphatic hydroxyl groups excluding tert-OH is 2. The van der Waals surface area contributed by atoms with Crippen LogP contribution < -0.4 is 0 Å². The molecule has 0 aromatic carbocycles. The van der Waals surface area contributed by atoms with E-state index in [9.17, 15) is 19.4 Å². The maximum Gasteiger partial charge on any atom is 0.336 e. The maximum absolute atomic E-state index is 13.5. The Labute approximate surface area is 81.0 Å². The molecular weight excluding hydrogens is 191 g/mol. The Balaban J connectivity index is 2.95. The van der Waals surface area contributed by atoms with Crippen LogP contribution in [0.25, 0.3) is 0 Å². The first-order chi connectivity index (χ1) is 6.49. The van der Waals surface area contributed by atoms with Gasteiger partial charge in [-0.2, -0.15) is 0 Å². The number of alkyl halides is 1. The predicted octanol–water partition coefficient (Wildman–Crippen LogP) is -0.205. The molecule has 5 heteroatoms. The van der Waals surface area contributed by atoms with Gasteiger partial charge in [-0.1, -0.05) is 6.92 Å². The summed E-state index contributed by atoms with van der Waals surface area (Å²) in [7, 11) is 1.14. The summed E-state index contributed by atoms with van der Waals surface area (Å²) in [4.78, 5) is 11.1. The lowest BCUT2D eigenvalue weighted by atomic mass is 9.84. The number of aliphatic hydroxyl groups is 2. The molecule has 2 N–H and O–H groups in total. The summed E-state index contributed by atoms with van der Waals surface area (Å²) in [5.74, 6) is -1.63. The van der Waals surface area contributed by atoms with Crippen molar-refractivity contribution >= 4 is 5.97 Å². The average molecular weight is 204 g/mol. The minimum absolute atomic E-state index is 0.224. The molecule has 0 aliphatic heterocycles. The van der Waals surface area contributed by atoms with Gasteiger partial charge in [0.2, 0.25) is 0 Å². The molecule has 0 aromatic heterocycles. The quantitative estimate of drug-likeness (QED) is 0.580. The van der Waals surface area contributed by atoms with Crippen molar-refractivity contribution in [3.8, 4) is 0 Å². The van der Waals surface area contributed by atoms with Crippen molar-refractivity contribution in [1.29, 1.82) is 0 Å². The number of carbonyl (C=O) groups excluding carboxylic acids is 1. The van der Waals surface area contributed by atoms with Gasteiger partial charge in [0.15, 0.2) is 0 Å². The largest absolute Gasteiger partial charge is 0.466 e. The van der Waals surface area contributed by atoms with E-state index in [1.807, 2.05) is 0 Å². The number of carbonyl (C=O) groups is 1. The van der Waals surface area contributed by atoms with Gasteiger partial charge in [0.05, 0.1) is 24.9 Å². The topological polar surface area (TPSA) is 66.8 Å². The SMILES string of the molecule is COC(=O)C1=CC(O)C(O)[C@H](C)C1F. The fourth-order valence-corrected chi connectivity index (χ4v) is 1.44. The molecule has 0 radical (unpaired) electrons. The lowest BCUT2D eigenvalue weighted by Crippen LogP contribution is -2.42. The number of hydrogen-bond acceptors (Lipinski definition) is 4. The van der Waals surface area contributed by atoms with Crippen molar-refractivity contribution in [3.63, 3.8) is 0 Å². The van der Waals surface area contributed by atoms with E-state index in [0.717, 1.165) is 13.2 Å². The second kappa shape index (κ2) is 4.06. The number of rotatable bonds is 1. The zero-order valence-electron chi connectivity index (χ0n) is 7.98. The molecule has 80 valence electrons. The third-order valence-electron chi connectivity index (χ3n) is 2.42. The Morgan fingerprint density at radius 1 is 1.57 bits per heavy atom. The summed E-state index contributed by atoms with van der Waals surface area (Å²) in [5, 5.41) is 18.6. The summed E-state index contributed by atoms with van der Waals surface area (Å²) in [6.45, 7) is 1.43. The second-order valence-electron chi connectivity index (χ2n) is 3.36. The van der Waals surface area contributed by atoms with E-state index in [0.29, 0.717) is 0 Å². The third kappa shape index (κ3) is 1.78. The van der Waals surface area contributed by atoms with E-state index in [2.05, 4.69) is 4.74 Å². The summed E-state index contributed by atoms with van der Waals surface area (Å²) in [6.07, 6.45) is -2.99. The van der Waals surface area contributed by atoms with Gasteiger partial charge in [0.1, 0.15) is 6.17 Å². The van der Waals surface area contributed by atoms with Gasteiger partial charge < -0.3 is 14.9 Å². The van der Waals surface area contributed by atoms with Crippen LogP contribution in [0.3, 0.4) is 0 Å². The van der Waals surface area contributed by atoms with Crippen molar-refractivity contribution in [2.24, 2.45) is 5.92 Å². The van der Waals surface area contributed by atoms with Gasteiger partial charge >= 0.3 is 5.97 Å². The molecular formula is C9H13FO4. The Morgan fingerprint density at radius 2 is 2.14 bits per heavy atom. The second-order valence-corrected chi connectivity index (χ2v) is 3.36. The van der Waals surface area contributed by atoms with Crippen LogP contribution in [0, 0.1) is 5.92 Å². The van der Waals surface area contributed by atoms with E-state index >= 15 is 0 Å². The molecule has 0 heterocycles. The van der Waals surface area contributed by atoms with Crippen LogP contribution in [-0.2, 0) is 9.53 Å². The van der Waals surface area contributed by atoms with Crippen molar-refractivity contribution in [2.45, 2.75) is 25.3 Å². The molecule has 1 aliphatic rings. The van der Waals surface area contributed by atoms with Crippen molar-refractivity contribution in [1.82, 2.24) is 0 Å². The Bertz CT molecular complexity index is 264. The predicted molar refractivity (Wildman–Crippen MR) is 46.2 cm³/mol. The third-order valence-corrected chi connectivity index (χ3v) is 2.42. The van der Waals surface area contributed by atoms with E-state index < -0.39 is 30.3 Å². The fourth-order valence-electron chi connectivity index (χ4n) is 1.44. The number of esters is 1. The molecule has 0 fully saturated rings. The summed E-state index contributed by atoms with van der Waals surface area (Å²) in [5.41, 5.74) is -0.224. The number of halogens is 1. The van der Waals surface area contributed by atoms with Gasteiger partial charge in [-0.15, -0.1) is 0 Å². The van der Waals surface area contributed by atoms with Crippen LogP contribution in [0.2, 0.25) is 0 Å². The molecule has 0 spiro atoms. The Hall–Kier alpha value is -0.940. The highest BCUT2D eigenvalue weighted by atomic mass is 19.1.